The number of methoxy groups -OCH3 is 2. The zero-order valence-corrected chi connectivity index (χ0v) is 19.3. The van der Waals surface area contributed by atoms with Crippen molar-refractivity contribution >= 4 is 33.6 Å². The van der Waals surface area contributed by atoms with Gasteiger partial charge in [0.2, 0.25) is 0 Å². The molecule has 0 fully saturated rings. The number of anilines is 1. The van der Waals surface area contributed by atoms with Gasteiger partial charge in [-0.3, -0.25) is 4.72 Å². The minimum absolute atomic E-state index is 0.128. The van der Waals surface area contributed by atoms with Gasteiger partial charge >= 0.3 is 17.9 Å². The third kappa shape index (κ3) is 5.41. The first kappa shape index (κ1) is 24.5. The first-order valence-electron chi connectivity index (χ1n) is 9.86. The summed E-state index contributed by atoms with van der Waals surface area (Å²) in [4.78, 5) is 35.3. The number of rotatable bonds is 8. The van der Waals surface area contributed by atoms with E-state index in [-0.39, 0.29) is 34.0 Å². The monoisotopic (exact) mass is 487 g/mol. The molecule has 0 aliphatic heterocycles. The summed E-state index contributed by atoms with van der Waals surface area (Å²) in [6, 6.07) is 11.0. The van der Waals surface area contributed by atoms with Gasteiger partial charge in [0.15, 0.2) is 5.69 Å². The molecule has 2 aromatic carbocycles. The zero-order valence-electron chi connectivity index (χ0n) is 18.5. The van der Waals surface area contributed by atoms with Crippen molar-refractivity contribution in [3.63, 3.8) is 0 Å². The molecular formula is C22H21N3O8S. The summed E-state index contributed by atoms with van der Waals surface area (Å²) < 4.78 is 43.9. The molecule has 1 N–H and O–H groups in total. The van der Waals surface area contributed by atoms with Gasteiger partial charge in [0, 0.05) is 11.9 Å². The predicted molar refractivity (Wildman–Crippen MR) is 119 cm³/mol. The minimum atomic E-state index is -4.18. The van der Waals surface area contributed by atoms with E-state index >= 15 is 0 Å². The molecule has 0 aliphatic rings. The maximum atomic E-state index is 12.9. The Morgan fingerprint density at radius 2 is 1.50 bits per heavy atom. The van der Waals surface area contributed by atoms with Gasteiger partial charge in [0.05, 0.1) is 42.5 Å². The zero-order chi connectivity index (χ0) is 24.9. The Morgan fingerprint density at radius 3 is 2.03 bits per heavy atom. The molecule has 34 heavy (non-hydrogen) atoms. The van der Waals surface area contributed by atoms with Crippen LogP contribution in [0.4, 0.5) is 5.69 Å². The number of ether oxygens (including phenoxy) is 3. The van der Waals surface area contributed by atoms with Crippen molar-refractivity contribution in [2.45, 2.75) is 11.8 Å². The van der Waals surface area contributed by atoms with Gasteiger partial charge in [-0.2, -0.15) is 5.10 Å². The molecule has 178 valence electrons. The van der Waals surface area contributed by atoms with E-state index in [0.29, 0.717) is 5.69 Å². The van der Waals surface area contributed by atoms with E-state index in [4.69, 9.17) is 4.74 Å². The SMILES string of the molecule is CCOC(=O)c1ccn(-c2ccc(NS(=O)(=O)c3cc(C(=O)OC)cc(C(=O)OC)c3)cc2)n1. The van der Waals surface area contributed by atoms with Gasteiger partial charge in [-0.15, -0.1) is 0 Å². The molecule has 0 atom stereocenters. The maximum Gasteiger partial charge on any atom is 0.358 e. The number of aromatic nitrogens is 2. The van der Waals surface area contributed by atoms with E-state index < -0.39 is 27.9 Å². The summed E-state index contributed by atoms with van der Waals surface area (Å²) in [7, 11) is -1.91. The van der Waals surface area contributed by atoms with Crippen molar-refractivity contribution in [1.29, 1.82) is 0 Å². The van der Waals surface area contributed by atoms with Crippen LogP contribution in [-0.4, -0.2) is 56.9 Å². The average Bonchev–Trinajstić information content (AvgIpc) is 3.33. The van der Waals surface area contributed by atoms with Crippen LogP contribution < -0.4 is 4.72 Å². The second-order valence-electron chi connectivity index (χ2n) is 6.75. The lowest BCUT2D eigenvalue weighted by Gasteiger charge is -2.11. The van der Waals surface area contributed by atoms with Crippen LogP contribution in [0.3, 0.4) is 0 Å². The van der Waals surface area contributed by atoms with Crippen LogP contribution in [0, 0.1) is 0 Å². The van der Waals surface area contributed by atoms with Crippen molar-refractivity contribution in [3.8, 4) is 5.69 Å². The average molecular weight is 487 g/mol. The van der Waals surface area contributed by atoms with Crippen LogP contribution in [0.2, 0.25) is 0 Å². The molecule has 0 radical (unpaired) electrons. The smallest absolute Gasteiger partial charge is 0.358 e. The van der Waals surface area contributed by atoms with Gasteiger partial charge in [-0.25, -0.2) is 27.5 Å². The summed E-state index contributed by atoms with van der Waals surface area (Å²) >= 11 is 0. The van der Waals surface area contributed by atoms with Crippen molar-refractivity contribution < 1.29 is 37.0 Å². The number of nitrogens with one attached hydrogen (secondary N) is 1. The molecule has 0 unspecified atom stereocenters. The molecule has 12 heteroatoms. The van der Waals surface area contributed by atoms with Crippen LogP contribution in [0.1, 0.15) is 38.1 Å². The molecule has 1 heterocycles. The van der Waals surface area contributed by atoms with Crippen LogP contribution in [0.5, 0.6) is 0 Å². The van der Waals surface area contributed by atoms with Gasteiger partial charge in [0.25, 0.3) is 10.0 Å². The Bertz CT molecular complexity index is 1300. The lowest BCUT2D eigenvalue weighted by atomic mass is 10.1. The lowest BCUT2D eigenvalue weighted by Crippen LogP contribution is -2.16. The number of esters is 3. The molecule has 3 aromatic rings. The normalized spacial score (nSPS) is 10.9. The summed E-state index contributed by atoms with van der Waals surface area (Å²) in [6.45, 7) is 1.92. The largest absolute Gasteiger partial charge is 0.465 e. The fourth-order valence-electron chi connectivity index (χ4n) is 2.90. The van der Waals surface area contributed by atoms with Gasteiger partial charge in [0.1, 0.15) is 0 Å². The molecule has 0 spiro atoms. The first-order valence-corrected chi connectivity index (χ1v) is 11.3. The highest BCUT2D eigenvalue weighted by Gasteiger charge is 2.21. The maximum absolute atomic E-state index is 12.9. The number of carbonyl (C=O) groups excluding carboxylic acids is 3. The number of benzene rings is 2. The van der Waals surface area contributed by atoms with Gasteiger partial charge in [-0.1, -0.05) is 0 Å². The highest BCUT2D eigenvalue weighted by atomic mass is 32.2. The lowest BCUT2D eigenvalue weighted by molar-refractivity contribution is 0.0517. The molecule has 0 saturated heterocycles. The Hall–Kier alpha value is -4.19. The number of carbonyl (C=O) groups is 3. The first-order chi connectivity index (χ1) is 16.2. The van der Waals surface area contributed by atoms with Crippen LogP contribution >= 0.6 is 0 Å². The van der Waals surface area contributed by atoms with Gasteiger partial charge in [-0.05, 0) is 55.5 Å². The van der Waals surface area contributed by atoms with Crippen molar-refractivity contribution in [2.75, 3.05) is 25.5 Å². The number of hydrogen-bond donors (Lipinski definition) is 1. The standard InChI is InChI=1S/C22H21N3O8S/c1-4-33-22(28)19-9-10-25(23-19)17-7-5-16(6-8-17)24-34(29,30)18-12-14(20(26)31-2)11-15(13-18)21(27)32-3/h5-13,24H,4H2,1-3H3. The Morgan fingerprint density at radius 1 is 0.912 bits per heavy atom. The van der Waals surface area contributed by atoms with E-state index in [2.05, 4.69) is 19.3 Å². The molecule has 0 aliphatic carbocycles. The highest BCUT2D eigenvalue weighted by Crippen LogP contribution is 2.21. The summed E-state index contributed by atoms with van der Waals surface area (Å²) in [6.07, 6.45) is 1.57. The molecular weight excluding hydrogens is 466 g/mol. The van der Waals surface area contributed by atoms with Crippen molar-refractivity contribution in [3.05, 3.63) is 71.5 Å². The molecule has 11 nitrogen and oxygen atoms in total. The third-order valence-corrected chi connectivity index (χ3v) is 5.88. The van der Waals surface area contributed by atoms with Crippen LogP contribution in [0.15, 0.2) is 59.6 Å². The van der Waals surface area contributed by atoms with Crippen LogP contribution in [-0.2, 0) is 24.2 Å². The summed E-state index contributed by atoms with van der Waals surface area (Å²) in [5.74, 6) is -2.17. The number of hydrogen-bond acceptors (Lipinski definition) is 9. The fourth-order valence-corrected chi connectivity index (χ4v) is 4.03. The fraction of sp³-hybridized carbons (Fsp3) is 0.182. The molecule has 0 amide bonds. The van der Waals surface area contributed by atoms with E-state index in [1.54, 1.807) is 25.3 Å². The third-order valence-electron chi connectivity index (χ3n) is 4.52. The summed E-state index contributed by atoms with van der Waals surface area (Å²) in [5, 5.41) is 4.14. The van der Waals surface area contributed by atoms with Gasteiger partial charge < -0.3 is 14.2 Å². The second kappa shape index (κ2) is 10.2. The van der Waals surface area contributed by atoms with Crippen molar-refractivity contribution in [1.82, 2.24) is 9.78 Å². The predicted octanol–water partition coefficient (Wildman–Crippen LogP) is 2.42. The molecule has 0 bridgehead atoms. The van der Waals surface area contributed by atoms with E-state index in [9.17, 15) is 22.8 Å². The Kier molecular flexibility index (Phi) is 7.31. The Balaban J connectivity index is 1.86. The quantitative estimate of drug-likeness (QED) is 0.374. The number of sulfonamides is 1. The molecule has 3 rings (SSSR count). The molecule has 0 saturated carbocycles. The summed E-state index contributed by atoms with van der Waals surface area (Å²) in [5.41, 5.74) is 0.664. The van der Waals surface area contributed by atoms with Crippen LogP contribution in [0.25, 0.3) is 5.69 Å². The Labute approximate surface area is 195 Å². The number of nitrogens with zero attached hydrogens (tertiary/aromatic N) is 2. The van der Waals surface area contributed by atoms with E-state index in [1.807, 2.05) is 0 Å². The van der Waals surface area contributed by atoms with E-state index in [1.165, 1.54) is 28.9 Å². The second-order valence-corrected chi connectivity index (χ2v) is 8.43. The topological polar surface area (TPSA) is 143 Å². The minimum Gasteiger partial charge on any atom is -0.465 e. The molecule has 1 aromatic heterocycles. The highest BCUT2D eigenvalue weighted by molar-refractivity contribution is 7.92. The van der Waals surface area contributed by atoms with Crippen molar-refractivity contribution in [2.24, 2.45) is 0 Å². The van der Waals surface area contributed by atoms with E-state index in [0.717, 1.165) is 26.4 Å².